The molecule has 0 spiro atoms. The van der Waals surface area contributed by atoms with E-state index in [4.69, 9.17) is 5.26 Å². The molecule has 1 fully saturated rings. The fraction of sp³-hybridized carbons (Fsp3) is 0.455. The molecule has 1 aliphatic carbocycles. The van der Waals surface area contributed by atoms with Gasteiger partial charge >= 0.3 is 0 Å². The second kappa shape index (κ2) is 3.67. The van der Waals surface area contributed by atoms with Crippen LogP contribution >= 0.6 is 0 Å². The first-order valence-corrected chi connectivity index (χ1v) is 4.93. The normalized spacial score (nSPS) is 15.7. The van der Waals surface area contributed by atoms with Crippen LogP contribution in [0.4, 0.5) is 5.82 Å². The molecule has 1 aromatic rings. The van der Waals surface area contributed by atoms with Gasteiger partial charge in [-0.2, -0.15) is 5.26 Å². The van der Waals surface area contributed by atoms with Gasteiger partial charge in [-0.3, -0.25) is 0 Å². The van der Waals surface area contributed by atoms with Crippen LogP contribution in [-0.4, -0.2) is 11.0 Å². The Morgan fingerprint density at radius 2 is 2.36 bits per heavy atom. The van der Waals surface area contributed by atoms with E-state index in [0.717, 1.165) is 11.4 Å². The van der Waals surface area contributed by atoms with E-state index in [0.29, 0.717) is 11.6 Å². The van der Waals surface area contributed by atoms with Gasteiger partial charge in [0.05, 0.1) is 5.56 Å². The van der Waals surface area contributed by atoms with E-state index in [1.165, 1.54) is 19.3 Å². The van der Waals surface area contributed by atoms with Gasteiger partial charge in [-0.05, 0) is 37.8 Å². The van der Waals surface area contributed by atoms with Crippen molar-refractivity contribution in [2.24, 2.45) is 0 Å². The average molecular weight is 187 g/mol. The minimum absolute atomic E-state index is 0.524. The van der Waals surface area contributed by atoms with E-state index in [2.05, 4.69) is 16.4 Å². The van der Waals surface area contributed by atoms with Gasteiger partial charge in [0.1, 0.15) is 11.9 Å². The van der Waals surface area contributed by atoms with Crippen LogP contribution in [0.3, 0.4) is 0 Å². The predicted octanol–water partition coefficient (Wildman–Crippen LogP) is 2.23. The first kappa shape index (κ1) is 9.01. The summed E-state index contributed by atoms with van der Waals surface area (Å²) < 4.78 is 0. The molecular weight excluding hydrogens is 174 g/mol. The highest BCUT2D eigenvalue weighted by molar-refractivity contribution is 5.55. The van der Waals surface area contributed by atoms with Gasteiger partial charge in [0.25, 0.3) is 0 Å². The van der Waals surface area contributed by atoms with Crippen molar-refractivity contribution in [1.82, 2.24) is 4.98 Å². The number of hydrogen-bond donors (Lipinski definition) is 1. The molecule has 0 bridgehead atoms. The number of aromatic nitrogens is 1. The number of rotatable bonds is 2. The van der Waals surface area contributed by atoms with E-state index < -0.39 is 0 Å². The number of aryl methyl sites for hydroxylation is 1. The smallest absolute Gasteiger partial charge is 0.144 e. The molecule has 14 heavy (non-hydrogen) atoms. The number of nitrogens with zero attached hydrogens (tertiary/aromatic N) is 2. The van der Waals surface area contributed by atoms with Crippen LogP contribution < -0.4 is 5.32 Å². The number of anilines is 1. The van der Waals surface area contributed by atoms with Crippen molar-refractivity contribution in [1.29, 1.82) is 5.26 Å². The van der Waals surface area contributed by atoms with Crippen LogP contribution in [0.1, 0.15) is 30.4 Å². The van der Waals surface area contributed by atoms with Gasteiger partial charge < -0.3 is 5.32 Å². The number of pyridine rings is 1. The Morgan fingerprint density at radius 1 is 1.57 bits per heavy atom. The van der Waals surface area contributed by atoms with Crippen molar-refractivity contribution in [3.05, 3.63) is 23.4 Å². The maximum atomic E-state index is 8.97. The van der Waals surface area contributed by atoms with E-state index in [1.807, 2.05) is 13.0 Å². The molecule has 0 atom stereocenters. The van der Waals surface area contributed by atoms with Crippen LogP contribution in [0.15, 0.2) is 12.3 Å². The molecule has 0 amide bonds. The fourth-order valence-corrected chi connectivity index (χ4v) is 1.55. The molecule has 0 saturated heterocycles. The van der Waals surface area contributed by atoms with E-state index in [9.17, 15) is 0 Å². The van der Waals surface area contributed by atoms with E-state index >= 15 is 0 Å². The molecule has 1 heterocycles. The van der Waals surface area contributed by atoms with Crippen molar-refractivity contribution in [2.45, 2.75) is 32.2 Å². The Bertz CT molecular complexity index is 375. The van der Waals surface area contributed by atoms with Crippen LogP contribution in [0.25, 0.3) is 0 Å². The number of hydrogen-bond acceptors (Lipinski definition) is 3. The Labute approximate surface area is 83.8 Å². The maximum Gasteiger partial charge on any atom is 0.144 e. The van der Waals surface area contributed by atoms with E-state index in [1.54, 1.807) is 6.20 Å². The summed E-state index contributed by atoms with van der Waals surface area (Å²) in [6, 6.07) is 4.58. The first-order chi connectivity index (χ1) is 6.81. The summed E-state index contributed by atoms with van der Waals surface area (Å²) in [7, 11) is 0. The topological polar surface area (TPSA) is 48.7 Å². The molecule has 72 valence electrons. The lowest BCUT2D eigenvalue weighted by Gasteiger charge is -2.27. The van der Waals surface area contributed by atoms with Crippen LogP contribution in [-0.2, 0) is 0 Å². The Morgan fingerprint density at radius 3 is 2.93 bits per heavy atom. The Kier molecular flexibility index (Phi) is 2.36. The molecule has 0 aliphatic heterocycles. The third kappa shape index (κ3) is 1.56. The van der Waals surface area contributed by atoms with E-state index in [-0.39, 0.29) is 0 Å². The molecule has 0 radical (unpaired) electrons. The van der Waals surface area contributed by atoms with Crippen molar-refractivity contribution in [3.63, 3.8) is 0 Å². The summed E-state index contributed by atoms with van der Waals surface area (Å²) in [5, 5.41) is 12.3. The van der Waals surface area contributed by atoms with Crippen LogP contribution in [0.5, 0.6) is 0 Å². The standard InChI is InChI=1S/C11H13N3/c1-8-5-6-13-11(10(8)7-12)14-9-3-2-4-9/h5-6,9H,2-4H2,1H3,(H,13,14). The molecule has 1 aliphatic rings. The summed E-state index contributed by atoms with van der Waals surface area (Å²) in [6.45, 7) is 1.94. The van der Waals surface area contributed by atoms with Gasteiger partial charge in [0.2, 0.25) is 0 Å². The molecule has 3 heteroatoms. The van der Waals surface area contributed by atoms with Gasteiger partial charge in [-0.1, -0.05) is 0 Å². The summed E-state index contributed by atoms with van der Waals surface area (Å²) in [6.07, 6.45) is 5.42. The van der Waals surface area contributed by atoms with Gasteiger partial charge in [0, 0.05) is 12.2 Å². The quantitative estimate of drug-likeness (QED) is 0.772. The highest BCUT2D eigenvalue weighted by atomic mass is 15.0. The molecule has 0 aromatic carbocycles. The van der Waals surface area contributed by atoms with Crippen molar-refractivity contribution in [3.8, 4) is 6.07 Å². The third-order valence-electron chi connectivity index (χ3n) is 2.72. The zero-order valence-electron chi connectivity index (χ0n) is 8.25. The predicted molar refractivity (Wildman–Crippen MR) is 55.0 cm³/mol. The highest BCUT2D eigenvalue weighted by Gasteiger charge is 2.19. The molecule has 1 N–H and O–H groups in total. The zero-order valence-corrected chi connectivity index (χ0v) is 8.25. The molecule has 1 aromatic heterocycles. The number of nitrogens with one attached hydrogen (secondary N) is 1. The van der Waals surface area contributed by atoms with Gasteiger partial charge in [-0.25, -0.2) is 4.98 Å². The minimum Gasteiger partial charge on any atom is -0.366 e. The van der Waals surface area contributed by atoms with Crippen LogP contribution in [0.2, 0.25) is 0 Å². The third-order valence-corrected chi connectivity index (χ3v) is 2.72. The Hall–Kier alpha value is -1.56. The molecule has 2 rings (SSSR count). The molecular formula is C11H13N3. The largest absolute Gasteiger partial charge is 0.366 e. The summed E-state index contributed by atoms with van der Waals surface area (Å²) in [5.74, 6) is 0.747. The van der Waals surface area contributed by atoms with Crippen molar-refractivity contribution < 1.29 is 0 Å². The molecule has 0 unspecified atom stereocenters. The summed E-state index contributed by atoms with van der Waals surface area (Å²) >= 11 is 0. The minimum atomic E-state index is 0.524. The average Bonchev–Trinajstić information content (AvgIpc) is 2.11. The molecule has 1 saturated carbocycles. The first-order valence-electron chi connectivity index (χ1n) is 4.93. The number of nitriles is 1. The van der Waals surface area contributed by atoms with Gasteiger partial charge in [-0.15, -0.1) is 0 Å². The second-order valence-corrected chi connectivity index (χ2v) is 3.74. The summed E-state index contributed by atoms with van der Waals surface area (Å²) in [4.78, 5) is 4.20. The summed E-state index contributed by atoms with van der Waals surface area (Å²) in [5.41, 5.74) is 1.67. The SMILES string of the molecule is Cc1ccnc(NC2CCC2)c1C#N. The fourth-order valence-electron chi connectivity index (χ4n) is 1.55. The maximum absolute atomic E-state index is 8.97. The zero-order chi connectivity index (χ0) is 9.97. The highest BCUT2D eigenvalue weighted by Crippen LogP contribution is 2.24. The van der Waals surface area contributed by atoms with Crippen LogP contribution in [0, 0.1) is 18.3 Å². The van der Waals surface area contributed by atoms with Crippen molar-refractivity contribution >= 4 is 5.82 Å². The van der Waals surface area contributed by atoms with Crippen molar-refractivity contribution in [2.75, 3.05) is 5.32 Å². The monoisotopic (exact) mass is 187 g/mol. The lowest BCUT2D eigenvalue weighted by atomic mass is 9.93. The lowest BCUT2D eigenvalue weighted by molar-refractivity contribution is 0.444. The Balaban J connectivity index is 2.23. The van der Waals surface area contributed by atoms with Gasteiger partial charge in [0.15, 0.2) is 0 Å². The lowest BCUT2D eigenvalue weighted by Crippen LogP contribution is -2.28. The molecule has 3 nitrogen and oxygen atoms in total. The second-order valence-electron chi connectivity index (χ2n) is 3.74.